The zero-order valence-electron chi connectivity index (χ0n) is 10.2. The van der Waals surface area contributed by atoms with Gasteiger partial charge in [0.1, 0.15) is 5.75 Å². The first kappa shape index (κ1) is 12.5. The summed E-state index contributed by atoms with van der Waals surface area (Å²) in [5, 5.41) is 9.06. The Balaban J connectivity index is 2.20. The third-order valence-corrected chi connectivity index (χ3v) is 2.59. The first-order valence-electron chi connectivity index (χ1n) is 5.78. The Morgan fingerprint density at radius 1 is 1.33 bits per heavy atom. The quantitative estimate of drug-likeness (QED) is 0.866. The van der Waals surface area contributed by atoms with Gasteiger partial charge in [0.05, 0.1) is 6.61 Å². The molecule has 0 aliphatic rings. The van der Waals surface area contributed by atoms with Crippen LogP contribution in [-0.4, -0.2) is 10.1 Å². The van der Waals surface area contributed by atoms with Crippen LogP contribution in [0, 0.1) is 0 Å². The molecule has 4 nitrogen and oxygen atoms in total. The molecule has 94 valence electrons. The maximum atomic E-state index is 9.06. The van der Waals surface area contributed by atoms with E-state index in [1.54, 1.807) is 12.3 Å². The lowest BCUT2D eigenvalue weighted by Gasteiger charge is -2.09. The lowest BCUT2D eigenvalue weighted by Crippen LogP contribution is -2.05. The van der Waals surface area contributed by atoms with Crippen LogP contribution < -0.4 is 10.5 Å². The van der Waals surface area contributed by atoms with Gasteiger partial charge < -0.3 is 15.6 Å². The van der Waals surface area contributed by atoms with Gasteiger partial charge >= 0.3 is 0 Å². The molecule has 1 atom stereocenters. The van der Waals surface area contributed by atoms with Gasteiger partial charge in [-0.05, 0) is 36.2 Å². The third-order valence-electron chi connectivity index (χ3n) is 2.59. The number of benzene rings is 1. The molecule has 0 aliphatic heterocycles. The molecule has 2 aromatic rings. The van der Waals surface area contributed by atoms with Crippen molar-refractivity contribution in [2.75, 3.05) is 0 Å². The summed E-state index contributed by atoms with van der Waals surface area (Å²) in [6.45, 7) is 1.90. The fourth-order valence-electron chi connectivity index (χ4n) is 1.59. The Hall–Kier alpha value is -1.91. The minimum atomic E-state index is -0.0564. The number of ether oxygens (including phenoxy) is 1. The Morgan fingerprint density at radius 3 is 2.89 bits per heavy atom. The van der Waals surface area contributed by atoms with E-state index in [0.717, 1.165) is 11.1 Å². The van der Waals surface area contributed by atoms with Crippen molar-refractivity contribution < 1.29 is 9.84 Å². The number of aliphatic hydroxyl groups excluding tert-OH is 1. The molecule has 3 N–H and O–H groups in total. The molecule has 0 bridgehead atoms. The summed E-state index contributed by atoms with van der Waals surface area (Å²) >= 11 is 0. The molecule has 1 aromatic carbocycles. The van der Waals surface area contributed by atoms with Gasteiger partial charge in [-0.3, -0.25) is 0 Å². The molecule has 0 radical (unpaired) electrons. The SMILES string of the molecule is C[C@H](N)c1ccnc(Oc2cccc(CO)c2)c1. The number of aromatic nitrogens is 1. The second-order valence-corrected chi connectivity index (χ2v) is 4.12. The van der Waals surface area contributed by atoms with Gasteiger partial charge in [0.15, 0.2) is 0 Å². The highest BCUT2D eigenvalue weighted by molar-refractivity contribution is 5.32. The van der Waals surface area contributed by atoms with Crippen molar-refractivity contribution in [2.24, 2.45) is 5.73 Å². The summed E-state index contributed by atoms with van der Waals surface area (Å²) in [7, 11) is 0. The highest BCUT2D eigenvalue weighted by atomic mass is 16.5. The largest absolute Gasteiger partial charge is 0.439 e. The topological polar surface area (TPSA) is 68.4 Å². The second kappa shape index (κ2) is 5.62. The summed E-state index contributed by atoms with van der Waals surface area (Å²) in [6.07, 6.45) is 1.67. The van der Waals surface area contributed by atoms with Crippen LogP contribution in [0.4, 0.5) is 0 Å². The standard InChI is InChI=1S/C14H16N2O2/c1-10(15)12-5-6-16-14(8-12)18-13-4-2-3-11(7-13)9-17/h2-8,10,17H,9,15H2,1H3/t10-/m0/s1. The molecule has 0 spiro atoms. The molecule has 0 fully saturated rings. The van der Waals surface area contributed by atoms with Gasteiger partial charge in [-0.2, -0.15) is 0 Å². The average Bonchev–Trinajstić information content (AvgIpc) is 2.39. The van der Waals surface area contributed by atoms with Crippen LogP contribution in [-0.2, 0) is 6.61 Å². The van der Waals surface area contributed by atoms with E-state index in [2.05, 4.69) is 4.98 Å². The second-order valence-electron chi connectivity index (χ2n) is 4.12. The maximum absolute atomic E-state index is 9.06. The van der Waals surface area contributed by atoms with E-state index in [-0.39, 0.29) is 12.6 Å². The number of aliphatic hydroxyl groups is 1. The van der Waals surface area contributed by atoms with Crippen molar-refractivity contribution in [1.29, 1.82) is 0 Å². The van der Waals surface area contributed by atoms with Gasteiger partial charge in [0, 0.05) is 18.3 Å². The first-order chi connectivity index (χ1) is 8.69. The highest BCUT2D eigenvalue weighted by Crippen LogP contribution is 2.22. The third kappa shape index (κ3) is 3.06. The number of nitrogens with two attached hydrogens (primary N) is 1. The maximum Gasteiger partial charge on any atom is 0.219 e. The molecular weight excluding hydrogens is 228 g/mol. The number of rotatable bonds is 4. The van der Waals surface area contributed by atoms with E-state index in [1.165, 1.54) is 0 Å². The summed E-state index contributed by atoms with van der Waals surface area (Å²) in [4.78, 5) is 4.13. The van der Waals surface area contributed by atoms with Crippen molar-refractivity contribution >= 4 is 0 Å². The molecule has 0 unspecified atom stereocenters. The Morgan fingerprint density at radius 2 is 2.17 bits per heavy atom. The minimum absolute atomic E-state index is 0.00942. The number of hydrogen-bond acceptors (Lipinski definition) is 4. The number of hydrogen-bond donors (Lipinski definition) is 2. The van der Waals surface area contributed by atoms with Crippen LogP contribution in [0.3, 0.4) is 0 Å². The zero-order chi connectivity index (χ0) is 13.0. The van der Waals surface area contributed by atoms with Crippen molar-refractivity contribution in [2.45, 2.75) is 19.6 Å². The molecule has 0 saturated heterocycles. The normalized spacial score (nSPS) is 12.2. The molecule has 18 heavy (non-hydrogen) atoms. The van der Waals surface area contributed by atoms with Crippen molar-refractivity contribution in [3.8, 4) is 11.6 Å². The van der Waals surface area contributed by atoms with Crippen LogP contribution >= 0.6 is 0 Å². The average molecular weight is 244 g/mol. The predicted octanol–water partition coefficient (Wildman–Crippen LogP) is 2.39. The van der Waals surface area contributed by atoms with Crippen LogP contribution in [0.15, 0.2) is 42.6 Å². The summed E-state index contributed by atoms with van der Waals surface area (Å²) in [5.41, 5.74) is 7.58. The predicted molar refractivity (Wildman–Crippen MR) is 69.3 cm³/mol. The molecule has 4 heteroatoms. The zero-order valence-corrected chi connectivity index (χ0v) is 10.2. The molecule has 0 amide bonds. The molecular formula is C14H16N2O2. The fraction of sp³-hybridized carbons (Fsp3) is 0.214. The van der Waals surface area contributed by atoms with E-state index in [1.807, 2.05) is 37.3 Å². The highest BCUT2D eigenvalue weighted by Gasteiger charge is 2.04. The van der Waals surface area contributed by atoms with E-state index in [0.29, 0.717) is 11.6 Å². The molecule has 1 heterocycles. The van der Waals surface area contributed by atoms with Crippen LogP contribution in [0.1, 0.15) is 24.1 Å². The first-order valence-corrected chi connectivity index (χ1v) is 5.78. The van der Waals surface area contributed by atoms with Gasteiger partial charge in [0.25, 0.3) is 0 Å². The van der Waals surface area contributed by atoms with E-state index in [9.17, 15) is 0 Å². The number of pyridine rings is 1. The van der Waals surface area contributed by atoms with Gasteiger partial charge in [0.2, 0.25) is 5.88 Å². The molecule has 2 rings (SSSR count). The molecule has 1 aromatic heterocycles. The summed E-state index contributed by atoms with van der Waals surface area (Å²) in [6, 6.07) is 10.9. The lowest BCUT2D eigenvalue weighted by molar-refractivity contribution is 0.281. The minimum Gasteiger partial charge on any atom is -0.439 e. The summed E-state index contributed by atoms with van der Waals surface area (Å²) < 4.78 is 5.63. The molecule has 0 aliphatic carbocycles. The summed E-state index contributed by atoms with van der Waals surface area (Å²) in [5.74, 6) is 1.15. The van der Waals surface area contributed by atoms with E-state index < -0.39 is 0 Å². The Bertz CT molecular complexity index is 527. The Kier molecular flexibility index (Phi) is 3.92. The van der Waals surface area contributed by atoms with Gasteiger partial charge in [-0.1, -0.05) is 12.1 Å². The van der Waals surface area contributed by atoms with Crippen molar-refractivity contribution in [3.63, 3.8) is 0 Å². The monoisotopic (exact) mass is 244 g/mol. The van der Waals surface area contributed by atoms with E-state index >= 15 is 0 Å². The van der Waals surface area contributed by atoms with Crippen molar-refractivity contribution in [3.05, 3.63) is 53.7 Å². The Labute approximate surface area is 106 Å². The van der Waals surface area contributed by atoms with Gasteiger partial charge in [-0.15, -0.1) is 0 Å². The lowest BCUT2D eigenvalue weighted by atomic mass is 10.1. The fourth-order valence-corrected chi connectivity index (χ4v) is 1.59. The van der Waals surface area contributed by atoms with E-state index in [4.69, 9.17) is 15.6 Å². The molecule has 0 saturated carbocycles. The smallest absolute Gasteiger partial charge is 0.219 e. The van der Waals surface area contributed by atoms with Crippen LogP contribution in [0.2, 0.25) is 0 Å². The van der Waals surface area contributed by atoms with Crippen LogP contribution in [0.5, 0.6) is 11.6 Å². The number of nitrogens with zero attached hydrogens (tertiary/aromatic N) is 1. The van der Waals surface area contributed by atoms with Crippen LogP contribution in [0.25, 0.3) is 0 Å². The van der Waals surface area contributed by atoms with Gasteiger partial charge in [-0.25, -0.2) is 4.98 Å². The van der Waals surface area contributed by atoms with Crippen molar-refractivity contribution in [1.82, 2.24) is 4.98 Å².